The monoisotopic (exact) mass is 340 g/mol. The number of benzene rings is 1. The predicted molar refractivity (Wildman–Crippen MR) is 93.4 cm³/mol. The van der Waals surface area contributed by atoms with E-state index in [-0.39, 0.29) is 11.6 Å². The first-order valence-electron chi connectivity index (χ1n) is 8.77. The molecule has 2 aromatic rings. The molecule has 2 heterocycles. The number of amides is 2. The van der Waals surface area contributed by atoms with E-state index in [1.807, 2.05) is 0 Å². The summed E-state index contributed by atoms with van der Waals surface area (Å²) in [4.78, 5) is 41.1. The Hall–Kier alpha value is -2.70. The summed E-state index contributed by atoms with van der Waals surface area (Å²) < 4.78 is 1.74. The molecule has 2 amide bonds. The third-order valence-electron chi connectivity index (χ3n) is 4.69. The van der Waals surface area contributed by atoms with Gasteiger partial charge >= 0.3 is 11.8 Å². The Morgan fingerprint density at radius 3 is 2.76 bits per heavy atom. The minimum Gasteiger partial charge on any atom is -0.345 e. The van der Waals surface area contributed by atoms with Crippen LogP contribution in [0.3, 0.4) is 0 Å². The molecule has 130 valence electrons. The molecular weight excluding hydrogens is 320 g/mol. The molecule has 0 bridgehead atoms. The highest BCUT2D eigenvalue weighted by Crippen LogP contribution is 2.20. The van der Waals surface area contributed by atoms with Crippen LogP contribution in [0.15, 0.2) is 23.0 Å². The first-order chi connectivity index (χ1) is 12.1. The van der Waals surface area contributed by atoms with Crippen LogP contribution in [-0.4, -0.2) is 27.4 Å². The quantitative estimate of drug-likeness (QED) is 0.807. The number of hydrogen-bond donors (Lipinski definition) is 2. The van der Waals surface area contributed by atoms with Gasteiger partial charge in [-0.3, -0.25) is 19.0 Å². The van der Waals surface area contributed by atoms with Gasteiger partial charge in [-0.15, -0.1) is 0 Å². The Kier molecular flexibility index (Phi) is 3.99. The third kappa shape index (κ3) is 3.26. The van der Waals surface area contributed by atoms with Crippen LogP contribution < -0.4 is 16.2 Å². The fourth-order valence-electron chi connectivity index (χ4n) is 3.16. The molecule has 1 saturated carbocycles. The van der Waals surface area contributed by atoms with Crippen molar-refractivity contribution in [3.63, 3.8) is 0 Å². The van der Waals surface area contributed by atoms with Crippen LogP contribution in [0.2, 0.25) is 0 Å². The number of nitrogens with one attached hydrogen (secondary N) is 2. The second-order valence-electron chi connectivity index (χ2n) is 6.73. The zero-order chi connectivity index (χ0) is 17.4. The van der Waals surface area contributed by atoms with Gasteiger partial charge in [-0.25, -0.2) is 4.98 Å². The van der Waals surface area contributed by atoms with Gasteiger partial charge < -0.3 is 10.6 Å². The molecule has 0 unspecified atom stereocenters. The number of nitrogens with zero attached hydrogens (tertiary/aromatic N) is 2. The van der Waals surface area contributed by atoms with Crippen LogP contribution in [0, 0.1) is 0 Å². The summed E-state index contributed by atoms with van der Waals surface area (Å²) in [6.45, 7) is 0.678. The second kappa shape index (κ2) is 6.31. The minimum absolute atomic E-state index is 0.0829. The van der Waals surface area contributed by atoms with Gasteiger partial charge in [-0.1, -0.05) is 6.42 Å². The molecule has 25 heavy (non-hydrogen) atoms. The molecule has 1 aromatic heterocycles. The van der Waals surface area contributed by atoms with Gasteiger partial charge in [0, 0.05) is 24.7 Å². The first kappa shape index (κ1) is 15.8. The summed E-state index contributed by atoms with van der Waals surface area (Å²) in [6.07, 6.45) is 5.76. The lowest BCUT2D eigenvalue weighted by Gasteiger charge is -2.11. The Balaban J connectivity index is 1.63. The summed E-state index contributed by atoms with van der Waals surface area (Å²) in [6, 6.07) is 5.12. The average Bonchev–Trinajstić information content (AvgIpc) is 3.42. The van der Waals surface area contributed by atoms with E-state index in [1.54, 1.807) is 22.8 Å². The zero-order valence-corrected chi connectivity index (χ0v) is 13.9. The molecule has 1 fully saturated rings. The van der Waals surface area contributed by atoms with Gasteiger partial charge in [-0.2, -0.15) is 0 Å². The van der Waals surface area contributed by atoms with E-state index in [0.29, 0.717) is 23.1 Å². The van der Waals surface area contributed by atoms with Crippen molar-refractivity contribution in [2.75, 3.05) is 5.32 Å². The van der Waals surface area contributed by atoms with Crippen molar-refractivity contribution >= 4 is 28.4 Å². The van der Waals surface area contributed by atoms with Crippen LogP contribution in [0.25, 0.3) is 10.9 Å². The maximum atomic E-state index is 12.8. The van der Waals surface area contributed by atoms with Crippen molar-refractivity contribution in [2.45, 2.75) is 51.1 Å². The Morgan fingerprint density at radius 1 is 1.12 bits per heavy atom. The Morgan fingerprint density at radius 2 is 1.96 bits per heavy atom. The van der Waals surface area contributed by atoms with Crippen molar-refractivity contribution in [2.24, 2.45) is 0 Å². The molecule has 2 aliphatic rings. The summed E-state index contributed by atoms with van der Waals surface area (Å²) in [5, 5.41) is 5.66. The second-order valence-corrected chi connectivity index (χ2v) is 6.73. The van der Waals surface area contributed by atoms with Gasteiger partial charge in [0.15, 0.2) is 0 Å². The van der Waals surface area contributed by atoms with Crippen LogP contribution >= 0.6 is 0 Å². The molecule has 1 aliphatic heterocycles. The molecule has 1 aliphatic carbocycles. The minimum atomic E-state index is -0.714. The molecule has 4 rings (SSSR count). The molecular formula is C18H20N4O3. The van der Waals surface area contributed by atoms with Gasteiger partial charge in [0.2, 0.25) is 0 Å². The van der Waals surface area contributed by atoms with Crippen molar-refractivity contribution in [1.29, 1.82) is 0 Å². The molecule has 0 saturated heterocycles. The van der Waals surface area contributed by atoms with E-state index >= 15 is 0 Å². The number of aryl methyl sites for hydroxylation is 1. The summed E-state index contributed by atoms with van der Waals surface area (Å²) >= 11 is 0. The standard InChI is InChI=1S/C18H20N4O3/c23-16(19-11-5-6-11)17(24)20-12-7-8-14-13(10-12)18(25)22-9-3-1-2-4-15(22)21-14/h7-8,10-11H,1-6,9H2,(H,19,23)(H,20,24). The number of fused-ring (bicyclic) bond motifs is 2. The van der Waals surface area contributed by atoms with Gasteiger partial charge in [-0.05, 0) is 43.9 Å². The predicted octanol–water partition coefficient (Wildman–Crippen LogP) is 1.34. The number of carbonyl (C=O) groups excluding carboxylic acids is 2. The fraction of sp³-hybridized carbons (Fsp3) is 0.444. The van der Waals surface area contributed by atoms with E-state index < -0.39 is 11.8 Å². The van der Waals surface area contributed by atoms with E-state index in [9.17, 15) is 14.4 Å². The van der Waals surface area contributed by atoms with E-state index in [0.717, 1.165) is 44.3 Å². The number of hydrogen-bond acceptors (Lipinski definition) is 4. The third-order valence-corrected chi connectivity index (χ3v) is 4.69. The van der Waals surface area contributed by atoms with Crippen LogP contribution in [0.4, 0.5) is 5.69 Å². The average molecular weight is 340 g/mol. The van der Waals surface area contributed by atoms with Gasteiger partial charge in [0.25, 0.3) is 5.56 Å². The SMILES string of the molecule is O=C(Nc1ccc2nc3n(c(=O)c2c1)CCCCC3)C(=O)NC1CC1. The molecule has 0 radical (unpaired) electrons. The molecule has 7 heteroatoms. The molecule has 0 spiro atoms. The summed E-state index contributed by atoms with van der Waals surface area (Å²) in [7, 11) is 0. The Bertz CT molecular complexity index is 914. The highest BCUT2D eigenvalue weighted by atomic mass is 16.2. The first-order valence-corrected chi connectivity index (χ1v) is 8.77. The smallest absolute Gasteiger partial charge is 0.313 e. The maximum Gasteiger partial charge on any atom is 0.313 e. The maximum absolute atomic E-state index is 12.8. The van der Waals surface area contributed by atoms with Crippen molar-refractivity contribution in [3.05, 3.63) is 34.4 Å². The topological polar surface area (TPSA) is 93.1 Å². The van der Waals surface area contributed by atoms with E-state index in [4.69, 9.17) is 0 Å². The number of carbonyl (C=O) groups is 2. The summed E-state index contributed by atoms with van der Waals surface area (Å²) in [5.41, 5.74) is 0.968. The van der Waals surface area contributed by atoms with Gasteiger partial charge in [0.05, 0.1) is 10.9 Å². The molecule has 7 nitrogen and oxygen atoms in total. The van der Waals surface area contributed by atoms with Crippen LogP contribution in [0.1, 0.15) is 37.9 Å². The normalized spacial score (nSPS) is 16.8. The molecule has 1 aromatic carbocycles. The van der Waals surface area contributed by atoms with E-state index in [1.165, 1.54) is 0 Å². The van der Waals surface area contributed by atoms with Gasteiger partial charge in [0.1, 0.15) is 5.82 Å². The van der Waals surface area contributed by atoms with E-state index in [2.05, 4.69) is 15.6 Å². The molecule has 0 atom stereocenters. The Labute approximate surface area is 144 Å². The number of rotatable bonds is 2. The summed E-state index contributed by atoms with van der Waals surface area (Å²) in [5.74, 6) is -0.524. The van der Waals surface area contributed by atoms with Crippen molar-refractivity contribution in [3.8, 4) is 0 Å². The van der Waals surface area contributed by atoms with Crippen LogP contribution in [-0.2, 0) is 22.6 Å². The van der Waals surface area contributed by atoms with Crippen molar-refractivity contribution < 1.29 is 9.59 Å². The number of anilines is 1. The molecule has 2 N–H and O–H groups in total. The highest BCUT2D eigenvalue weighted by Gasteiger charge is 2.26. The fourth-order valence-corrected chi connectivity index (χ4v) is 3.16. The highest BCUT2D eigenvalue weighted by molar-refractivity contribution is 6.39. The van der Waals surface area contributed by atoms with Crippen LogP contribution in [0.5, 0.6) is 0 Å². The largest absolute Gasteiger partial charge is 0.345 e. The number of aromatic nitrogens is 2. The lowest BCUT2D eigenvalue weighted by Crippen LogP contribution is -2.36. The lowest BCUT2D eigenvalue weighted by atomic mass is 10.2. The van der Waals surface area contributed by atoms with Crippen molar-refractivity contribution in [1.82, 2.24) is 14.9 Å². The lowest BCUT2D eigenvalue weighted by molar-refractivity contribution is -0.136. The zero-order valence-electron chi connectivity index (χ0n) is 13.9.